The molecule has 0 amide bonds. The molecule has 1 aliphatic carbocycles. The van der Waals surface area contributed by atoms with E-state index in [1.165, 1.54) is 32.4 Å². The third-order valence-electron chi connectivity index (χ3n) is 4.50. The largest absolute Gasteiger partial charge is 0.316 e. The Hall–Kier alpha value is -0.820. The van der Waals surface area contributed by atoms with Crippen molar-refractivity contribution in [2.24, 2.45) is 5.92 Å². The van der Waals surface area contributed by atoms with Crippen LogP contribution in [0.5, 0.6) is 0 Å². The zero-order chi connectivity index (χ0) is 11.0. The van der Waals surface area contributed by atoms with Crippen molar-refractivity contribution < 1.29 is 0 Å². The molecule has 1 aliphatic heterocycles. The van der Waals surface area contributed by atoms with Crippen LogP contribution in [0.2, 0.25) is 0 Å². The number of hydrogen-bond donors (Lipinski definition) is 1. The molecule has 16 heavy (non-hydrogen) atoms. The molecule has 1 heteroatoms. The van der Waals surface area contributed by atoms with E-state index in [9.17, 15) is 0 Å². The van der Waals surface area contributed by atoms with Crippen LogP contribution in [0.15, 0.2) is 24.3 Å². The molecule has 1 N–H and O–H groups in total. The molecule has 0 bridgehead atoms. The van der Waals surface area contributed by atoms with Gasteiger partial charge in [-0.1, -0.05) is 31.2 Å². The van der Waals surface area contributed by atoms with Gasteiger partial charge < -0.3 is 5.32 Å². The molecule has 3 atom stereocenters. The zero-order valence-corrected chi connectivity index (χ0v) is 10.1. The van der Waals surface area contributed by atoms with Crippen LogP contribution < -0.4 is 5.32 Å². The molecule has 1 fully saturated rings. The summed E-state index contributed by atoms with van der Waals surface area (Å²) in [5.41, 5.74) is 3.26. The molecule has 1 aromatic rings. The van der Waals surface area contributed by atoms with Crippen LogP contribution in [-0.2, 0) is 0 Å². The molecule has 3 unspecified atom stereocenters. The highest BCUT2D eigenvalue weighted by atomic mass is 14.9. The lowest BCUT2D eigenvalue weighted by Crippen LogP contribution is -2.22. The topological polar surface area (TPSA) is 12.0 Å². The highest BCUT2D eigenvalue weighted by molar-refractivity contribution is 5.36. The van der Waals surface area contributed by atoms with Crippen molar-refractivity contribution in [1.29, 1.82) is 0 Å². The van der Waals surface area contributed by atoms with Gasteiger partial charge in [0, 0.05) is 0 Å². The SMILES string of the molecule is CC1CCC(C2CCNC2)c2ccccc21. The number of benzene rings is 1. The number of fused-ring (bicyclic) bond motifs is 1. The van der Waals surface area contributed by atoms with Gasteiger partial charge in [-0.05, 0) is 61.2 Å². The quantitative estimate of drug-likeness (QED) is 0.758. The lowest BCUT2D eigenvalue weighted by Gasteiger charge is -2.33. The van der Waals surface area contributed by atoms with Gasteiger partial charge in [0.2, 0.25) is 0 Å². The first kappa shape index (κ1) is 10.3. The van der Waals surface area contributed by atoms with Gasteiger partial charge in [0.1, 0.15) is 0 Å². The van der Waals surface area contributed by atoms with Gasteiger partial charge in [-0.3, -0.25) is 0 Å². The average molecular weight is 215 g/mol. The Balaban J connectivity index is 1.94. The third-order valence-corrected chi connectivity index (χ3v) is 4.50. The van der Waals surface area contributed by atoms with E-state index in [-0.39, 0.29) is 0 Å². The molecule has 0 radical (unpaired) electrons. The third kappa shape index (κ3) is 1.67. The Kier molecular flexibility index (Phi) is 2.72. The normalized spacial score (nSPS) is 33.7. The average Bonchev–Trinajstić information content (AvgIpc) is 2.83. The first-order valence-corrected chi connectivity index (χ1v) is 6.66. The molecule has 86 valence electrons. The van der Waals surface area contributed by atoms with Gasteiger partial charge in [-0.2, -0.15) is 0 Å². The van der Waals surface area contributed by atoms with Crippen molar-refractivity contribution in [2.45, 2.75) is 38.0 Å². The molecule has 0 aromatic heterocycles. The van der Waals surface area contributed by atoms with Gasteiger partial charge in [-0.15, -0.1) is 0 Å². The minimum atomic E-state index is 0.766. The second kappa shape index (κ2) is 4.21. The molecular formula is C15H21N. The van der Waals surface area contributed by atoms with Crippen LogP contribution in [0.3, 0.4) is 0 Å². The highest BCUT2D eigenvalue weighted by Crippen LogP contribution is 2.43. The standard InChI is InChI=1S/C15H21N/c1-11-6-7-14(12-8-9-16-10-12)15-5-3-2-4-13(11)15/h2-5,11-12,14,16H,6-10H2,1H3. The molecule has 3 rings (SSSR count). The predicted octanol–water partition coefficient (Wildman–Crippen LogP) is 3.28. The lowest BCUT2D eigenvalue weighted by atomic mass is 9.72. The fourth-order valence-electron chi connectivity index (χ4n) is 3.55. The van der Waals surface area contributed by atoms with Crippen LogP contribution in [0, 0.1) is 5.92 Å². The molecule has 1 nitrogen and oxygen atoms in total. The van der Waals surface area contributed by atoms with Crippen molar-refractivity contribution in [3.05, 3.63) is 35.4 Å². The van der Waals surface area contributed by atoms with Crippen LogP contribution in [0.1, 0.15) is 49.1 Å². The minimum Gasteiger partial charge on any atom is -0.316 e. The summed E-state index contributed by atoms with van der Waals surface area (Å²) in [6, 6.07) is 9.12. The molecule has 2 aliphatic rings. The summed E-state index contributed by atoms with van der Waals surface area (Å²) in [7, 11) is 0. The summed E-state index contributed by atoms with van der Waals surface area (Å²) < 4.78 is 0. The van der Waals surface area contributed by atoms with E-state index in [1.807, 2.05) is 0 Å². The van der Waals surface area contributed by atoms with Crippen molar-refractivity contribution in [2.75, 3.05) is 13.1 Å². The molecule has 0 saturated carbocycles. The van der Waals surface area contributed by atoms with E-state index < -0.39 is 0 Å². The van der Waals surface area contributed by atoms with Crippen LogP contribution in [0.25, 0.3) is 0 Å². The maximum Gasteiger partial charge on any atom is -0.00142 e. The van der Waals surface area contributed by atoms with Crippen molar-refractivity contribution >= 4 is 0 Å². The molecule has 1 heterocycles. The summed E-state index contributed by atoms with van der Waals surface area (Å²) in [6.07, 6.45) is 4.14. The molecule has 1 aromatic carbocycles. The summed E-state index contributed by atoms with van der Waals surface area (Å²) in [5.74, 6) is 2.47. The van der Waals surface area contributed by atoms with Gasteiger partial charge in [0.15, 0.2) is 0 Å². The number of nitrogens with one attached hydrogen (secondary N) is 1. The van der Waals surface area contributed by atoms with E-state index in [1.54, 1.807) is 11.1 Å². The predicted molar refractivity (Wildman–Crippen MR) is 67.8 cm³/mol. The number of rotatable bonds is 1. The van der Waals surface area contributed by atoms with Crippen LogP contribution >= 0.6 is 0 Å². The van der Waals surface area contributed by atoms with Crippen LogP contribution in [-0.4, -0.2) is 13.1 Å². The van der Waals surface area contributed by atoms with Crippen molar-refractivity contribution in [3.8, 4) is 0 Å². The Morgan fingerprint density at radius 3 is 2.62 bits per heavy atom. The van der Waals surface area contributed by atoms with E-state index in [0.717, 1.165) is 17.8 Å². The van der Waals surface area contributed by atoms with Gasteiger partial charge in [0.05, 0.1) is 0 Å². The van der Waals surface area contributed by atoms with Gasteiger partial charge in [0.25, 0.3) is 0 Å². The van der Waals surface area contributed by atoms with Gasteiger partial charge >= 0.3 is 0 Å². The zero-order valence-electron chi connectivity index (χ0n) is 10.1. The molecular weight excluding hydrogens is 194 g/mol. The van der Waals surface area contributed by atoms with Crippen molar-refractivity contribution in [3.63, 3.8) is 0 Å². The van der Waals surface area contributed by atoms with Gasteiger partial charge in [-0.25, -0.2) is 0 Å². The smallest absolute Gasteiger partial charge is 0.00142 e. The second-order valence-corrected chi connectivity index (χ2v) is 5.47. The Morgan fingerprint density at radius 1 is 1.06 bits per heavy atom. The fraction of sp³-hybridized carbons (Fsp3) is 0.600. The van der Waals surface area contributed by atoms with E-state index in [4.69, 9.17) is 0 Å². The summed E-state index contributed by atoms with van der Waals surface area (Å²) in [4.78, 5) is 0. The molecule has 0 spiro atoms. The summed E-state index contributed by atoms with van der Waals surface area (Å²) in [6.45, 7) is 4.83. The first-order valence-electron chi connectivity index (χ1n) is 6.66. The maximum atomic E-state index is 3.51. The van der Waals surface area contributed by atoms with Crippen molar-refractivity contribution in [1.82, 2.24) is 5.32 Å². The number of hydrogen-bond acceptors (Lipinski definition) is 1. The monoisotopic (exact) mass is 215 g/mol. The highest BCUT2D eigenvalue weighted by Gasteiger charge is 2.31. The van der Waals surface area contributed by atoms with E-state index >= 15 is 0 Å². The Morgan fingerprint density at radius 2 is 1.88 bits per heavy atom. The minimum absolute atomic E-state index is 0.766. The van der Waals surface area contributed by atoms with Crippen LogP contribution in [0.4, 0.5) is 0 Å². The van der Waals surface area contributed by atoms with E-state index in [2.05, 4.69) is 36.5 Å². The summed E-state index contributed by atoms with van der Waals surface area (Å²) in [5, 5.41) is 3.51. The molecule has 1 saturated heterocycles. The summed E-state index contributed by atoms with van der Waals surface area (Å²) >= 11 is 0. The van der Waals surface area contributed by atoms with E-state index in [0.29, 0.717) is 0 Å². The fourth-order valence-corrected chi connectivity index (χ4v) is 3.55. The maximum absolute atomic E-state index is 3.51. The Labute approximate surface area is 98.3 Å². The second-order valence-electron chi connectivity index (χ2n) is 5.47. The first-order chi connectivity index (χ1) is 7.86. The lowest BCUT2D eigenvalue weighted by molar-refractivity contribution is 0.386. The Bertz CT molecular complexity index is 365.